The number of aryl methyl sites for hydroxylation is 2. The van der Waals surface area contributed by atoms with Crippen molar-refractivity contribution < 1.29 is 4.79 Å². The minimum atomic E-state index is 0.234. The molecular weight excluding hydrogens is 240 g/mol. The van der Waals surface area contributed by atoms with Crippen LogP contribution in [0.3, 0.4) is 0 Å². The summed E-state index contributed by atoms with van der Waals surface area (Å²) in [6.45, 7) is 4.20. The largest absolute Gasteiger partial charge is 0.298 e. The number of carbonyl (C=O) groups is 1. The Morgan fingerprint density at radius 1 is 1.43 bits per heavy atom. The summed E-state index contributed by atoms with van der Waals surface area (Å²) in [6, 6.07) is 6.33. The van der Waals surface area contributed by atoms with Crippen LogP contribution in [-0.2, 0) is 17.6 Å². The highest BCUT2D eigenvalue weighted by atomic mass is 79.9. The second kappa shape index (κ2) is 5.30. The van der Waals surface area contributed by atoms with Gasteiger partial charge in [0.15, 0.2) is 0 Å². The number of Topliss-reactive ketones (excluding diaryl/α,β-unsaturated/α-hetero) is 1. The van der Waals surface area contributed by atoms with E-state index in [1.165, 1.54) is 11.1 Å². The van der Waals surface area contributed by atoms with Gasteiger partial charge < -0.3 is 0 Å². The summed E-state index contributed by atoms with van der Waals surface area (Å²) in [5.41, 5.74) is 3.70. The number of carbonyl (C=O) groups excluding carboxylic acids is 1. The highest BCUT2D eigenvalue weighted by molar-refractivity contribution is 9.09. The van der Waals surface area contributed by atoms with E-state index in [1.54, 1.807) is 0 Å². The molecule has 0 aliphatic heterocycles. The van der Waals surface area contributed by atoms with Crippen molar-refractivity contribution in [2.45, 2.75) is 26.7 Å². The average molecular weight is 255 g/mol. The van der Waals surface area contributed by atoms with Crippen LogP contribution in [0.25, 0.3) is 0 Å². The molecule has 14 heavy (non-hydrogen) atoms. The summed E-state index contributed by atoms with van der Waals surface area (Å²) in [5, 5.41) is 0.446. The number of hydrogen-bond acceptors (Lipinski definition) is 1. The van der Waals surface area contributed by atoms with Crippen LogP contribution >= 0.6 is 15.9 Å². The number of alkyl halides is 1. The lowest BCUT2D eigenvalue weighted by Gasteiger charge is -2.06. The van der Waals surface area contributed by atoms with Gasteiger partial charge in [0.1, 0.15) is 5.78 Å². The van der Waals surface area contributed by atoms with Crippen molar-refractivity contribution in [3.05, 3.63) is 34.9 Å². The van der Waals surface area contributed by atoms with Crippen LogP contribution in [0.15, 0.2) is 18.2 Å². The van der Waals surface area contributed by atoms with Gasteiger partial charge in [-0.25, -0.2) is 0 Å². The predicted octanol–water partition coefficient (Wildman–Crippen LogP) is 3.06. The Bertz CT molecular complexity index is 331. The van der Waals surface area contributed by atoms with E-state index in [9.17, 15) is 4.79 Å². The van der Waals surface area contributed by atoms with Gasteiger partial charge in [-0.2, -0.15) is 0 Å². The Morgan fingerprint density at radius 2 is 2.14 bits per heavy atom. The number of benzene rings is 1. The lowest BCUT2D eigenvalue weighted by molar-refractivity contribution is -0.115. The highest BCUT2D eigenvalue weighted by Crippen LogP contribution is 2.12. The van der Waals surface area contributed by atoms with E-state index in [2.05, 4.69) is 48.0 Å². The van der Waals surface area contributed by atoms with E-state index in [-0.39, 0.29) is 5.78 Å². The smallest absolute Gasteiger partial charge is 0.147 e. The monoisotopic (exact) mass is 254 g/mol. The Labute approximate surface area is 93.7 Å². The summed E-state index contributed by atoms with van der Waals surface area (Å²) < 4.78 is 0. The molecule has 0 bridgehead atoms. The molecule has 0 aliphatic carbocycles. The average Bonchev–Trinajstić information content (AvgIpc) is 2.20. The second-order valence-corrected chi connectivity index (χ2v) is 4.02. The second-order valence-electron chi connectivity index (χ2n) is 3.46. The van der Waals surface area contributed by atoms with Gasteiger partial charge >= 0.3 is 0 Å². The Morgan fingerprint density at radius 3 is 2.64 bits per heavy atom. The van der Waals surface area contributed by atoms with Gasteiger partial charge in [0.2, 0.25) is 0 Å². The van der Waals surface area contributed by atoms with Gasteiger partial charge in [0, 0.05) is 6.42 Å². The van der Waals surface area contributed by atoms with Crippen molar-refractivity contribution in [2.75, 3.05) is 5.33 Å². The van der Waals surface area contributed by atoms with E-state index in [4.69, 9.17) is 0 Å². The van der Waals surface area contributed by atoms with Gasteiger partial charge in [0.05, 0.1) is 5.33 Å². The van der Waals surface area contributed by atoms with E-state index in [1.807, 2.05) is 0 Å². The predicted molar refractivity (Wildman–Crippen MR) is 63.1 cm³/mol. The third kappa shape index (κ3) is 2.95. The third-order valence-electron chi connectivity index (χ3n) is 2.35. The molecule has 0 amide bonds. The zero-order valence-electron chi connectivity index (χ0n) is 8.64. The molecule has 0 atom stereocenters. The summed E-state index contributed by atoms with van der Waals surface area (Å²) in [7, 11) is 0. The summed E-state index contributed by atoms with van der Waals surface area (Å²) in [6.07, 6.45) is 1.59. The third-order valence-corrected chi connectivity index (χ3v) is 2.98. The summed E-state index contributed by atoms with van der Waals surface area (Å²) in [4.78, 5) is 11.2. The van der Waals surface area contributed by atoms with Gasteiger partial charge in [-0.05, 0) is 30.0 Å². The zero-order chi connectivity index (χ0) is 10.6. The molecule has 0 fully saturated rings. The molecule has 1 aromatic rings. The van der Waals surface area contributed by atoms with Crippen LogP contribution in [0, 0.1) is 6.92 Å². The van der Waals surface area contributed by atoms with Crippen molar-refractivity contribution in [1.29, 1.82) is 0 Å². The minimum Gasteiger partial charge on any atom is -0.298 e. The number of hydrogen-bond donors (Lipinski definition) is 0. The van der Waals surface area contributed by atoms with Crippen LogP contribution < -0.4 is 0 Å². The standard InChI is InChI=1S/C12H15BrO/c1-3-10-4-5-11(9(2)6-10)7-12(14)8-13/h4-6H,3,7-8H2,1-2H3. The van der Waals surface area contributed by atoms with Gasteiger partial charge in [0.25, 0.3) is 0 Å². The number of halogens is 1. The molecule has 0 unspecified atom stereocenters. The first kappa shape index (κ1) is 11.4. The lowest BCUT2D eigenvalue weighted by Crippen LogP contribution is -2.05. The topological polar surface area (TPSA) is 17.1 Å². The van der Waals surface area contributed by atoms with Crippen molar-refractivity contribution in [2.24, 2.45) is 0 Å². The fourth-order valence-electron chi connectivity index (χ4n) is 1.44. The Balaban J connectivity index is 2.83. The molecule has 0 aliphatic rings. The van der Waals surface area contributed by atoms with Crippen molar-refractivity contribution in [1.82, 2.24) is 0 Å². The van der Waals surface area contributed by atoms with Crippen LogP contribution in [0.5, 0.6) is 0 Å². The Kier molecular flexibility index (Phi) is 4.33. The van der Waals surface area contributed by atoms with E-state index >= 15 is 0 Å². The molecule has 0 aromatic heterocycles. The Hall–Kier alpha value is -0.630. The van der Waals surface area contributed by atoms with Crippen molar-refractivity contribution >= 4 is 21.7 Å². The molecular formula is C12H15BrO. The van der Waals surface area contributed by atoms with Gasteiger partial charge in [-0.1, -0.05) is 41.1 Å². The van der Waals surface area contributed by atoms with Crippen LogP contribution in [-0.4, -0.2) is 11.1 Å². The van der Waals surface area contributed by atoms with Crippen LogP contribution in [0.1, 0.15) is 23.6 Å². The van der Waals surface area contributed by atoms with Gasteiger partial charge in [-0.15, -0.1) is 0 Å². The van der Waals surface area contributed by atoms with Crippen molar-refractivity contribution in [3.8, 4) is 0 Å². The molecule has 0 heterocycles. The molecule has 0 saturated carbocycles. The fourth-order valence-corrected chi connectivity index (χ4v) is 1.63. The SMILES string of the molecule is CCc1ccc(CC(=O)CBr)c(C)c1. The number of rotatable bonds is 4. The molecule has 1 rings (SSSR count). The van der Waals surface area contributed by atoms with Crippen LogP contribution in [0.4, 0.5) is 0 Å². The maximum absolute atomic E-state index is 11.2. The van der Waals surface area contributed by atoms with E-state index in [0.29, 0.717) is 11.8 Å². The minimum absolute atomic E-state index is 0.234. The summed E-state index contributed by atoms with van der Waals surface area (Å²) >= 11 is 3.18. The molecule has 1 nitrogen and oxygen atoms in total. The lowest BCUT2D eigenvalue weighted by atomic mass is 10.0. The maximum atomic E-state index is 11.2. The maximum Gasteiger partial charge on any atom is 0.147 e. The quantitative estimate of drug-likeness (QED) is 0.756. The van der Waals surface area contributed by atoms with Crippen molar-refractivity contribution in [3.63, 3.8) is 0 Å². The molecule has 0 spiro atoms. The van der Waals surface area contributed by atoms with Gasteiger partial charge in [-0.3, -0.25) is 4.79 Å². The molecule has 0 N–H and O–H groups in total. The van der Waals surface area contributed by atoms with E-state index in [0.717, 1.165) is 12.0 Å². The highest BCUT2D eigenvalue weighted by Gasteiger charge is 2.04. The van der Waals surface area contributed by atoms with Crippen LogP contribution in [0.2, 0.25) is 0 Å². The zero-order valence-corrected chi connectivity index (χ0v) is 10.2. The normalized spacial score (nSPS) is 10.2. The molecule has 1 aromatic carbocycles. The number of ketones is 1. The molecule has 0 saturated heterocycles. The first-order valence-electron chi connectivity index (χ1n) is 4.83. The first-order valence-corrected chi connectivity index (χ1v) is 5.95. The first-order chi connectivity index (χ1) is 6.67. The molecule has 2 heteroatoms. The molecule has 0 radical (unpaired) electrons. The van der Waals surface area contributed by atoms with E-state index < -0.39 is 0 Å². The molecule has 76 valence electrons. The summed E-state index contributed by atoms with van der Waals surface area (Å²) in [5.74, 6) is 0.234. The fraction of sp³-hybridized carbons (Fsp3) is 0.417.